The van der Waals surface area contributed by atoms with Crippen molar-refractivity contribution >= 4 is 5.91 Å². The van der Waals surface area contributed by atoms with Gasteiger partial charge < -0.3 is 19.3 Å². The number of hydrogen-bond acceptors (Lipinski definition) is 4. The molecule has 4 fully saturated rings. The summed E-state index contributed by atoms with van der Waals surface area (Å²) in [5, 5.41) is 0. The number of nitrogens with zero attached hydrogens (tertiary/aromatic N) is 2. The Hall–Kier alpha value is -0.790. The first-order chi connectivity index (χ1) is 14.3. The standard InChI is InChI=1S/C23H38F2N2O3/c1-16(2)29-14-17-3-5-18(6-4-17)26-11-8-19(9-12-26)27-20-13-23(24,25)10-7-21(20)30-15-22(27)28/h16-21H,3-15H2,1-2H3/t17?,18?,20-,21-/m1/s1. The van der Waals surface area contributed by atoms with Crippen LogP contribution in [0.4, 0.5) is 8.78 Å². The van der Waals surface area contributed by atoms with Crippen molar-refractivity contribution in [3.63, 3.8) is 0 Å². The van der Waals surface area contributed by atoms with Crippen LogP contribution in [0.2, 0.25) is 0 Å². The van der Waals surface area contributed by atoms with Crippen LogP contribution in [0.5, 0.6) is 0 Å². The Bertz CT molecular complexity index is 587. The lowest BCUT2D eigenvalue weighted by Gasteiger charge is -2.51. The van der Waals surface area contributed by atoms with Crippen molar-refractivity contribution in [2.45, 2.75) is 108 Å². The molecule has 0 aromatic heterocycles. The zero-order valence-electron chi connectivity index (χ0n) is 18.5. The number of ether oxygens (including phenoxy) is 2. The number of carbonyl (C=O) groups is 1. The molecule has 2 heterocycles. The molecule has 0 aromatic rings. The molecule has 0 radical (unpaired) electrons. The van der Waals surface area contributed by atoms with Crippen LogP contribution in [0.25, 0.3) is 0 Å². The van der Waals surface area contributed by atoms with Gasteiger partial charge in [0.25, 0.3) is 0 Å². The Morgan fingerprint density at radius 3 is 2.43 bits per heavy atom. The fourth-order valence-corrected chi connectivity index (χ4v) is 6.00. The van der Waals surface area contributed by atoms with E-state index in [1.807, 2.05) is 0 Å². The second kappa shape index (κ2) is 9.37. The summed E-state index contributed by atoms with van der Waals surface area (Å²) in [5.74, 6) is -2.10. The van der Waals surface area contributed by atoms with E-state index in [0.717, 1.165) is 32.5 Å². The van der Waals surface area contributed by atoms with Gasteiger partial charge in [0.1, 0.15) is 6.61 Å². The maximum Gasteiger partial charge on any atom is 0.250 e. The van der Waals surface area contributed by atoms with Crippen LogP contribution >= 0.6 is 0 Å². The highest BCUT2D eigenvalue weighted by atomic mass is 19.3. The van der Waals surface area contributed by atoms with E-state index in [2.05, 4.69) is 18.7 Å². The first-order valence-electron chi connectivity index (χ1n) is 12.0. The van der Waals surface area contributed by atoms with Gasteiger partial charge in [0.15, 0.2) is 0 Å². The molecule has 2 aliphatic carbocycles. The van der Waals surface area contributed by atoms with E-state index in [9.17, 15) is 13.6 Å². The van der Waals surface area contributed by atoms with Crippen molar-refractivity contribution < 1.29 is 23.0 Å². The molecule has 172 valence electrons. The second-order valence-corrected chi connectivity index (χ2v) is 10.1. The van der Waals surface area contributed by atoms with Crippen molar-refractivity contribution in [3.05, 3.63) is 0 Å². The number of likely N-dealkylation sites (tertiary alicyclic amines) is 1. The monoisotopic (exact) mass is 428 g/mol. The maximum absolute atomic E-state index is 14.1. The molecule has 2 aliphatic heterocycles. The topological polar surface area (TPSA) is 42.0 Å². The van der Waals surface area contributed by atoms with Gasteiger partial charge in [-0.1, -0.05) is 0 Å². The molecular weight excluding hydrogens is 390 g/mol. The number of piperidine rings is 1. The highest BCUT2D eigenvalue weighted by molar-refractivity contribution is 5.79. The molecule has 5 nitrogen and oxygen atoms in total. The van der Waals surface area contributed by atoms with Gasteiger partial charge in [-0.25, -0.2) is 8.78 Å². The number of morpholine rings is 1. The smallest absolute Gasteiger partial charge is 0.250 e. The highest BCUT2D eigenvalue weighted by Crippen LogP contribution is 2.40. The zero-order valence-corrected chi connectivity index (χ0v) is 18.5. The number of hydrogen-bond donors (Lipinski definition) is 0. The Morgan fingerprint density at radius 2 is 1.77 bits per heavy atom. The SMILES string of the molecule is CC(C)OCC1CCC(N2CCC(N3C(=O)CO[C@@H]4CCC(F)(F)C[C@H]43)CC2)CC1. The van der Waals surface area contributed by atoms with E-state index in [-0.39, 0.29) is 37.5 Å². The largest absolute Gasteiger partial charge is 0.379 e. The second-order valence-electron chi connectivity index (χ2n) is 10.1. The van der Waals surface area contributed by atoms with Gasteiger partial charge >= 0.3 is 0 Å². The molecule has 2 saturated carbocycles. The number of rotatable bonds is 5. The summed E-state index contributed by atoms with van der Waals surface area (Å²) in [7, 11) is 0. The molecule has 1 amide bonds. The molecule has 4 aliphatic rings. The minimum atomic E-state index is -2.68. The van der Waals surface area contributed by atoms with Crippen LogP contribution in [0.15, 0.2) is 0 Å². The third-order valence-corrected chi connectivity index (χ3v) is 7.69. The van der Waals surface area contributed by atoms with E-state index in [1.165, 1.54) is 25.7 Å². The summed E-state index contributed by atoms with van der Waals surface area (Å²) in [4.78, 5) is 17.0. The van der Waals surface area contributed by atoms with Gasteiger partial charge in [-0.2, -0.15) is 0 Å². The van der Waals surface area contributed by atoms with Gasteiger partial charge in [-0.15, -0.1) is 0 Å². The normalized spacial score (nSPS) is 36.2. The molecule has 2 atom stereocenters. The first kappa shape index (κ1) is 22.4. The third-order valence-electron chi connectivity index (χ3n) is 7.69. The van der Waals surface area contributed by atoms with Crippen LogP contribution in [0.3, 0.4) is 0 Å². The molecule has 0 aromatic carbocycles. The molecule has 7 heteroatoms. The van der Waals surface area contributed by atoms with Crippen LogP contribution in [-0.4, -0.2) is 78.3 Å². The third kappa shape index (κ3) is 5.16. The predicted molar refractivity (Wildman–Crippen MR) is 111 cm³/mol. The van der Waals surface area contributed by atoms with Gasteiger partial charge in [-0.05, 0) is 64.7 Å². The fraction of sp³-hybridized carbons (Fsp3) is 0.957. The number of amides is 1. The number of halogens is 2. The molecule has 0 spiro atoms. The van der Waals surface area contributed by atoms with E-state index < -0.39 is 12.0 Å². The zero-order chi connectivity index (χ0) is 21.3. The molecular formula is C23H38F2N2O3. The highest BCUT2D eigenvalue weighted by Gasteiger charge is 2.50. The average Bonchev–Trinajstić information content (AvgIpc) is 2.72. The van der Waals surface area contributed by atoms with Gasteiger partial charge in [0, 0.05) is 44.6 Å². The van der Waals surface area contributed by atoms with E-state index in [1.54, 1.807) is 4.90 Å². The number of carbonyl (C=O) groups excluding carboxylic acids is 1. The van der Waals surface area contributed by atoms with Gasteiger partial charge in [-0.3, -0.25) is 4.79 Å². The molecule has 4 rings (SSSR count). The first-order valence-corrected chi connectivity index (χ1v) is 12.0. The average molecular weight is 429 g/mol. The summed E-state index contributed by atoms with van der Waals surface area (Å²) >= 11 is 0. The summed E-state index contributed by atoms with van der Waals surface area (Å²) in [6.45, 7) is 7.02. The molecule has 0 bridgehead atoms. The van der Waals surface area contributed by atoms with E-state index in [4.69, 9.17) is 9.47 Å². The summed E-state index contributed by atoms with van der Waals surface area (Å²) in [6, 6.07) is 0.242. The quantitative estimate of drug-likeness (QED) is 0.667. The minimum absolute atomic E-state index is 0.0510. The van der Waals surface area contributed by atoms with Crippen LogP contribution in [0, 0.1) is 5.92 Å². The van der Waals surface area contributed by atoms with Crippen LogP contribution in [0.1, 0.15) is 71.6 Å². The molecule has 30 heavy (non-hydrogen) atoms. The summed E-state index contributed by atoms with van der Waals surface area (Å²) < 4.78 is 39.6. The van der Waals surface area contributed by atoms with Crippen molar-refractivity contribution in [3.8, 4) is 0 Å². The van der Waals surface area contributed by atoms with E-state index in [0.29, 0.717) is 24.5 Å². The van der Waals surface area contributed by atoms with Crippen molar-refractivity contribution in [1.82, 2.24) is 9.80 Å². The van der Waals surface area contributed by atoms with Crippen molar-refractivity contribution in [2.24, 2.45) is 5.92 Å². The lowest BCUT2D eigenvalue weighted by molar-refractivity contribution is -0.183. The molecule has 0 unspecified atom stereocenters. The van der Waals surface area contributed by atoms with E-state index >= 15 is 0 Å². The Labute approximate surface area is 179 Å². The summed E-state index contributed by atoms with van der Waals surface area (Å²) in [5.41, 5.74) is 0. The molecule has 2 saturated heterocycles. The lowest BCUT2D eigenvalue weighted by atomic mass is 9.83. The number of fused-ring (bicyclic) bond motifs is 1. The minimum Gasteiger partial charge on any atom is -0.379 e. The predicted octanol–water partition coefficient (Wildman–Crippen LogP) is 3.85. The van der Waals surface area contributed by atoms with Gasteiger partial charge in [0.05, 0.1) is 18.2 Å². The Balaban J connectivity index is 1.28. The number of alkyl halides is 2. The Kier molecular flexibility index (Phi) is 7.00. The fourth-order valence-electron chi connectivity index (χ4n) is 6.00. The van der Waals surface area contributed by atoms with Crippen LogP contribution < -0.4 is 0 Å². The van der Waals surface area contributed by atoms with Crippen LogP contribution in [-0.2, 0) is 14.3 Å². The lowest BCUT2D eigenvalue weighted by Crippen LogP contribution is -2.63. The Morgan fingerprint density at radius 1 is 1.07 bits per heavy atom. The van der Waals surface area contributed by atoms with Gasteiger partial charge in [0.2, 0.25) is 11.8 Å². The summed E-state index contributed by atoms with van der Waals surface area (Å²) in [6.07, 6.45) is 6.70. The van der Waals surface area contributed by atoms with Crippen molar-refractivity contribution in [2.75, 3.05) is 26.3 Å². The molecule has 0 N–H and O–H groups in total. The van der Waals surface area contributed by atoms with Crippen molar-refractivity contribution in [1.29, 1.82) is 0 Å². The maximum atomic E-state index is 14.1.